The van der Waals surface area contributed by atoms with Gasteiger partial charge in [-0.15, -0.1) is 0 Å². The van der Waals surface area contributed by atoms with E-state index >= 15 is 0 Å². The fourth-order valence-corrected chi connectivity index (χ4v) is 3.62. The molecule has 0 spiro atoms. The summed E-state index contributed by atoms with van der Waals surface area (Å²) in [7, 11) is 0. The van der Waals surface area contributed by atoms with Crippen LogP contribution < -0.4 is 10.2 Å². The number of aliphatic hydroxyl groups excluding tert-OH is 2. The number of hydrogen-bond acceptors (Lipinski definition) is 5. The van der Waals surface area contributed by atoms with Crippen molar-refractivity contribution in [1.82, 2.24) is 5.32 Å². The smallest absolute Gasteiger partial charge is 0.407 e. The second-order valence-corrected chi connectivity index (χ2v) is 7.40. The van der Waals surface area contributed by atoms with E-state index in [2.05, 4.69) is 10.2 Å². The lowest BCUT2D eigenvalue weighted by atomic mass is 9.98. The molecule has 6 nitrogen and oxygen atoms in total. The summed E-state index contributed by atoms with van der Waals surface area (Å²) in [5.74, 6) is 0. The Morgan fingerprint density at radius 2 is 1.69 bits per heavy atom. The highest BCUT2D eigenvalue weighted by molar-refractivity contribution is 5.67. The number of alkyl carbamates (subject to hydrolysis) is 1. The van der Waals surface area contributed by atoms with Gasteiger partial charge in [0.25, 0.3) is 0 Å². The molecule has 1 aliphatic heterocycles. The highest BCUT2D eigenvalue weighted by Gasteiger charge is 2.24. The van der Waals surface area contributed by atoms with E-state index < -0.39 is 18.3 Å². The summed E-state index contributed by atoms with van der Waals surface area (Å²) in [6.45, 7) is 2.35. The molecule has 156 valence electrons. The highest BCUT2D eigenvalue weighted by Crippen LogP contribution is 2.31. The second-order valence-electron chi connectivity index (χ2n) is 7.40. The van der Waals surface area contributed by atoms with E-state index in [0.29, 0.717) is 0 Å². The number of carbonyl (C=O) groups excluding carboxylic acids is 1. The molecule has 0 aliphatic carbocycles. The first-order chi connectivity index (χ1) is 14.1. The number of rotatable bonds is 8. The second kappa shape index (κ2) is 10.8. The number of carbonyl (C=O) groups is 1. The number of ether oxygens (including phenoxy) is 1. The van der Waals surface area contributed by atoms with Gasteiger partial charge in [-0.05, 0) is 37.3 Å². The fraction of sp³-hybridized carbons (Fsp3) is 0.435. The Balaban J connectivity index is 1.47. The minimum absolute atomic E-state index is 0.195. The van der Waals surface area contributed by atoms with Gasteiger partial charge in [0.05, 0.1) is 6.10 Å². The molecule has 6 heteroatoms. The molecule has 0 aromatic heterocycles. The number of piperidine rings is 1. The van der Waals surface area contributed by atoms with Crippen LogP contribution in [0.3, 0.4) is 0 Å². The van der Waals surface area contributed by atoms with Crippen LogP contribution in [0.2, 0.25) is 0 Å². The van der Waals surface area contributed by atoms with Crippen molar-refractivity contribution in [3.8, 4) is 0 Å². The first-order valence-electron chi connectivity index (χ1n) is 10.3. The van der Waals surface area contributed by atoms with E-state index in [1.807, 2.05) is 54.6 Å². The third-order valence-electron chi connectivity index (χ3n) is 5.24. The Morgan fingerprint density at radius 1 is 1.00 bits per heavy atom. The third kappa shape index (κ3) is 6.21. The molecular weight excluding hydrogens is 368 g/mol. The van der Waals surface area contributed by atoms with Gasteiger partial charge in [-0.3, -0.25) is 0 Å². The van der Waals surface area contributed by atoms with E-state index in [0.717, 1.165) is 42.7 Å². The minimum Gasteiger partial charge on any atom is -0.445 e. The summed E-state index contributed by atoms with van der Waals surface area (Å²) >= 11 is 0. The van der Waals surface area contributed by atoms with Crippen LogP contribution in [-0.4, -0.2) is 42.0 Å². The van der Waals surface area contributed by atoms with Crippen molar-refractivity contribution in [3.05, 3.63) is 65.7 Å². The Kier molecular flexibility index (Phi) is 7.90. The van der Waals surface area contributed by atoms with Crippen LogP contribution in [0.1, 0.15) is 42.9 Å². The molecule has 0 bridgehead atoms. The number of para-hydroxylation sites is 1. The minimum atomic E-state index is -1.00. The van der Waals surface area contributed by atoms with E-state index in [1.165, 1.54) is 6.42 Å². The monoisotopic (exact) mass is 398 g/mol. The zero-order chi connectivity index (χ0) is 20.5. The van der Waals surface area contributed by atoms with Gasteiger partial charge in [-0.25, -0.2) is 4.79 Å². The molecule has 0 saturated carbocycles. The Morgan fingerprint density at radius 3 is 2.45 bits per heavy atom. The average Bonchev–Trinajstić information content (AvgIpc) is 2.78. The molecule has 2 unspecified atom stereocenters. The SMILES string of the molecule is O=C(NCCC(O)C(O)c1ccccc1N1CCCCC1)OCc1ccccc1. The van der Waals surface area contributed by atoms with Gasteiger partial charge in [0.2, 0.25) is 0 Å². The number of nitrogens with one attached hydrogen (secondary N) is 1. The van der Waals surface area contributed by atoms with Crippen LogP contribution in [-0.2, 0) is 11.3 Å². The van der Waals surface area contributed by atoms with Crippen molar-refractivity contribution < 1.29 is 19.7 Å². The number of amides is 1. The van der Waals surface area contributed by atoms with Gasteiger partial charge in [-0.1, -0.05) is 48.5 Å². The molecule has 1 aliphatic rings. The molecule has 1 heterocycles. The van der Waals surface area contributed by atoms with Gasteiger partial charge in [0.1, 0.15) is 12.7 Å². The number of benzene rings is 2. The van der Waals surface area contributed by atoms with Crippen LogP contribution in [0, 0.1) is 0 Å². The zero-order valence-electron chi connectivity index (χ0n) is 16.7. The van der Waals surface area contributed by atoms with Gasteiger partial charge >= 0.3 is 6.09 Å². The molecule has 1 amide bonds. The van der Waals surface area contributed by atoms with E-state index in [1.54, 1.807) is 0 Å². The lowest BCUT2D eigenvalue weighted by molar-refractivity contribution is 0.0138. The van der Waals surface area contributed by atoms with Crippen molar-refractivity contribution in [2.45, 2.75) is 44.5 Å². The number of nitrogens with zero attached hydrogens (tertiary/aromatic N) is 1. The van der Waals surface area contributed by atoms with Crippen LogP contribution in [0.25, 0.3) is 0 Å². The summed E-state index contributed by atoms with van der Waals surface area (Å²) in [5.41, 5.74) is 2.62. The van der Waals surface area contributed by atoms with Crippen molar-refractivity contribution in [3.63, 3.8) is 0 Å². The van der Waals surface area contributed by atoms with E-state index in [4.69, 9.17) is 4.74 Å². The lowest BCUT2D eigenvalue weighted by Gasteiger charge is -2.32. The molecule has 2 aromatic carbocycles. The molecule has 3 N–H and O–H groups in total. The van der Waals surface area contributed by atoms with Crippen LogP contribution in [0.15, 0.2) is 54.6 Å². The molecule has 3 rings (SSSR count). The molecule has 2 atom stereocenters. The van der Waals surface area contributed by atoms with Gasteiger partial charge in [-0.2, -0.15) is 0 Å². The Bertz CT molecular complexity index is 762. The van der Waals surface area contributed by atoms with Crippen molar-refractivity contribution in [2.75, 3.05) is 24.5 Å². The van der Waals surface area contributed by atoms with Crippen molar-refractivity contribution in [1.29, 1.82) is 0 Å². The molecule has 1 saturated heterocycles. The van der Waals surface area contributed by atoms with Crippen LogP contribution >= 0.6 is 0 Å². The van der Waals surface area contributed by atoms with E-state index in [-0.39, 0.29) is 19.6 Å². The third-order valence-corrected chi connectivity index (χ3v) is 5.24. The summed E-state index contributed by atoms with van der Waals surface area (Å²) in [5, 5.41) is 23.8. The largest absolute Gasteiger partial charge is 0.445 e. The maximum absolute atomic E-state index is 11.8. The van der Waals surface area contributed by atoms with Crippen molar-refractivity contribution in [2.24, 2.45) is 0 Å². The molecule has 1 fully saturated rings. The Labute approximate surface area is 172 Å². The molecular formula is C23H30N2O4. The first kappa shape index (κ1) is 21.1. The molecule has 2 aromatic rings. The summed E-state index contributed by atoms with van der Waals surface area (Å²) in [6, 6.07) is 17.1. The zero-order valence-corrected chi connectivity index (χ0v) is 16.7. The van der Waals surface area contributed by atoms with E-state index in [9.17, 15) is 15.0 Å². The predicted molar refractivity (Wildman–Crippen MR) is 113 cm³/mol. The number of anilines is 1. The standard InChI is InChI=1S/C23H30N2O4/c26-21(13-14-24-23(28)29-17-18-9-3-1-4-10-18)22(27)19-11-5-6-12-20(19)25-15-7-2-8-16-25/h1,3-6,9-12,21-22,26-27H,2,7-8,13-17H2,(H,24,28). The Hall–Kier alpha value is -2.57. The average molecular weight is 399 g/mol. The topological polar surface area (TPSA) is 82.0 Å². The van der Waals surface area contributed by atoms with Gasteiger partial charge < -0.3 is 25.2 Å². The van der Waals surface area contributed by atoms with Crippen LogP contribution in [0.4, 0.5) is 10.5 Å². The molecule has 0 radical (unpaired) electrons. The summed E-state index contributed by atoms with van der Waals surface area (Å²) in [6.07, 6.45) is 1.23. The maximum atomic E-state index is 11.8. The normalized spacial score (nSPS) is 16.1. The fourth-order valence-electron chi connectivity index (χ4n) is 3.62. The number of hydrogen-bond donors (Lipinski definition) is 3. The quantitative estimate of drug-likeness (QED) is 0.635. The summed E-state index contributed by atoms with van der Waals surface area (Å²) in [4.78, 5) is 14.1. The lowest BCUT2D eigenvalue weighted by Crippen LogP contribution is -2.32. The van der Waals surface area contributed by atoms with Gasteiger partial charge in [0.15, 0.2) is 0 Å². The maximum Gasteiger partial charge on any atom is 0.407 e. The molecule has 29 heavy (non-hydrogen) atoms. The predicted octanol–water partition coefficient (Wildman–Crippen LogP) is 3.39. The highest BCUT2D eigenvalue weighted by atomic mass is 16.5. The van der Waals surface area contributed by atoms with Crippen molar-refractivity contribution >= 4 is 11.8 Å². The number of aliphatic hydroxyl groups is 2. The summed E-state index contributed by atoms with van der Waals surface area (Å²) < 4.78 is 5.15. The first-order valence-corrected chi connectivity index (χ1v) is 10.3. The van der Waals surface area contributed by atoms with Crippen LogP contribution in [0.5, 0.6) is 0 Å². The van der Waals surface area contributed by atoms with Gasteiger partial charge in [0, 0.05) is 30.9 Å².